The lowest BCUT2D eigenvalue weighted by molar-refractivity contribution is 0.175. The molecule has 0 saturated carbocycles. The molecule has 1 rings (SSSR count). The first-order valence-electron chi connectivity index (χ1n) is 4.22. The highest BCUT2D eigenvalue weighted by atomic mass is 32.1. The Morgan fingerprint density at radius 1 is 1.69 bits per heavy atom. The summed E-state index contributed by atoms with van der Waals surface area (Å²) >= 11 is 1.32. The SMILES string of the molecule is CC(C)NCC(O)c1cnc(N)s1. The summed E-state index contributed by atoms with van der Waals surface area (Å²) in [5, 5.41) is 13.3. The van der Waals surface area contributed by atoms with Crippen LogP contribution in [-0.4, -0.2) is 22.7 Å². The molecule has 4 nitrogen and oxygen atoms in total. The maximum atomic E-state index is 9.64. The lowest BCUT2D eigenvalue weighted by atomic mass is 10.3. The third-order valence-corrected chi connectivity index (χ3v) is 2.52. The number of rotatable bonds is 4. The van der Waals surface area contributed by atoms with Crippen LogP contribution in [0.15, 0.2) is 6.20 Å². The van der Waals surface area contributed by atoms with Gasteiger partial charge in [-0.05, 0) is 0 Å². The highest BCUT2D eigenvalue weighted by Gasteiger charge is 2.10. The van der Waals surface area contributed by atoms with E-state index in [1.165, 1.54) is 11.3 Å². The zero-order chi connectivity index (χ0) is 9.84. The third kappa shape index (κ3) is 3.30. The number of nitrogens with one attached hydrogen (secondary N) is 1. The van der Waals surface area contributed by atoms with E-state index in [0.29, 0.717) is 17.7 Å². The van der Waals surface area contributed by atoms with Gasteiger partial charge in [0.05, 0.1) is 4.88 Å². The van der Waals surface area contributed by atoms with Crippen molar-refractivity contribution < 1.29 is 5.11 Å². The van der Waals surface area contributed by atoms with Crippen LogP contribution < -0.4 is 11.1 Å². The Bertz CT molecular complexity index is 262. The molecule has 0 saturated heterocycles. The maximum Gasteiger partial charge on any atom is 0.180 e. The standard InChI is InChI=1S/C8H15N3OS/c1-5(2)10-3-6(12)7-4-11-8(9)13-7/h4-6,10,12H,3H2,1-2H3,(H2,9,11). The van der Waals surface area contributed by atoms with E-state index in [9.17, 15) is 5.11 Å². The van der Waals surface area contributed by atoms with E-state index in [4.69, 9.17) is 5.73 Å². The molecule has 0 aliphatic rings. The Morgan fingerprint density at radius 3 is 2.85 bits per heavy atom. The fourth-order valence-corrected chi connectivity index (χ4v) is 1.57. The van der Waals surface area contributed by atoms with Crippen LogP contribution >= 0.6 is 11.3 Å². The molecule has 1 aromatic heterocycles. The van der Waals surface area contributed by atoms with E-state index in [0.717, 1.165) is 4.88 Å². The quantitative estimate of drug-likeness (QED) is 0.672. The van der Waals surface area contributed by atoms with Crippen LogP contribution in [0.5, 0.6) is 0 Å². The molecule has 4 N–H and O–H groups in total. The molecule has 13 heavy (non-hydrogen) atoms. The van der Waals surface area contributed by atoms with Crippen LogP contribution in [0.4, 0.5) is 5.13 Å². The van der Waals surface area contributed by atoms with E-state index >= 15 is 0 Å². The highest BCUT2D eigenvalue weighted by molar-refractivity contribution is 7.15. The number of hydrogen-bond acceptors (Lipinski definition) is 5. The lowest BCUT2D eigenvalue weighted by Crippen LogP contribution is -2.27. The smallest absolute Gasteiger partial charge is 0.180 e. The maximum absolute atomic E-state index is 9.64. The molecule has 0 fully saturated rings. The molecule has 5 heteroatoms. The molecule has 0 aliphatic carbocycles. The second-order valence-electron chi connectivity index (χ2n) is 3.18. The van der Waals surface area contributed by atoms with Crippen LogP contribution in [0.3, 0.4) is 0 Å². The Balaban J connectivity index is 2.44. The normalized spacial score (nSPS) is 13.5. The van der Waals surface area contributed by atoms with Gasteiger partial charge in [0.2, 0.25) is 0 Å². The molecule has 1 heterocycles. The van der Waals surface area contributed by atoms with Crippen molar-refractivity contribution in [2.75, 3.05) is 12.3 Å². The van der Waals surface area contributed by atoms with E-state index in [2.05, 4.69) is 10.3 Å². The molecule has 1 unspecified atom stereocenters. The molecular formula is C8H15N3OS. The second kappa shape index (κ2) is 4.55. The lowest BCUT2D eigenvalue weighted by Gasteiger charge is -2.11. The summed E-state index contributed by atoms with van der Waals surface area (Å²) in [6.07, 6.45) is 1.12. The fourth-order valence-electron chi connectivity index (χ4n) is 0.903. The minimum Gasteiger partial charge on any atom is -0.386 e. The van der Waals surface area contributed by atoms with Crippen molar-refractivity contribution in [2.24, 2.45) is 0 Å². The monoisotopic (exact) mass is 201 g/mol. The molecule has 0 spiro atoms. The summed E-state index contributed by atoms with van der Waals surface area (Å²) in [6, 6.07) is 0.375. The number of nitrogen functional groups attached to an aromatic ring is 1. The predicted octanol–water partition coefficient (Wildman–Crippen LogP) is 0.757. The van der Waals surface area contributed by atoms with Gasteiger partial charge >= 0.3 is 0 Å². The summed E-state index contributed by atoms with van der Waals surface area (Å²) in [5.74, 6) is 0. The zero-order valence-electron chi connectivity index (χ0n) is 7.82. The molecule has 74 valence electrons. The van der Waals surface area contributed by atoms with Crippen molar-refractivity contribution in [3.8, 4) is 0 Å². The summed E-state index contributed by atoms with van der Waals surface area (Å²) in [5.41, 5.74) is 5.45. The van der Waals surface area contributed by atoms with Crippen molar-refractivity contribution in [1.82, 2.24) is 10.3 Å². The molecular weight excluding hydrogens is 186 g/mol. The first-order chi connectivity index (χ1) is 6.09. The molecule has 0 aliphatic heterocycles. The molecule has 0 amide bonds. The minimum atomic E-state index is -0.503. The predicted molar refractivity (Wildman–Crippen MR) is 54.6 cm³/mol. The number of hydrogen-bond donors (Lipinski definition) is 3. The van der Waals surface area contributed by atoms with Crippen LogP contribution in [0.25, 0.3) is 0 Å². The largest absolute Gasteiger partial charge is 0.386 e. The van der Waals surface area contributed by atoms with E-state index in [1.54, 1.807) is 6.20 Å². The summed E-state index contributed by atoms with van der Waals surface area (Å²) < 4.78 is 0. The number of aliphatic hydroxyl groups excluding tert-OH is 1. The number of nitrogens with zero attached hydrogens (tertiary/aromatic N) is 1. The molecule has 1 atom stereocenters. The Kier molecular flexibility index (Phi) is 3.65. The summed E-state index contributed by atoms with van der Waals surface area (Å²) in [4.78, 5) is 4.68. The van der Waals surface area contributed by atoms with Gasteiger partial charge < -0.3 is 16.2 Å². The van der Waals surface area contributed by atoms with Crippen molar-refractivity contribution in [3.05, 3.63) is 11.1 Å². The molecule has 1 aromatic rings. The Hall–Kier alpha value is -0.650. The molecule has 0 aromatic carbocycles. The molecule has 0 bridgehead atoms. The number of aromatic nitrogens is 1. The first kappa shape index (κ1) is 10.4. The fraction of sp³-hybridized carbons (Fsp3) is 0.625. The van der Waals surface area contributed by atoms with Crippen molar-refractivity contribution in [2.45, 2.75) is 26.0 Å². The van der Waals surface area contributed by atoms with Crippen LogP contribution in [-0.2, 0) is 0 Å². The van der Waals surface area contributed by atoms with Gasteiger partial charge in [-0.3, -0.25) is 0 Å². The van der Waals surface area contributed by atoms with Crippen LogP contribution in [0, 0.1) is 0 Å². The third-order valence-electron chi connectivity index (χ3n) is 1.59. The average molecular weight is 201 g/mol. The molecule has 0 radical (unpaired) electrons. The number of aliphatic hydroxyl groups is 1. The van der Waals surface area contributed by atoms with E-state index in [1.807, 2.05) is 13.8 Å². The van der Waals surface area contributed by atoms with Gasteiger partial charge in [0.1, 0.15) is 6.10 Å². The van der Waals surface area contributed by atoms with Gasteiger partial charge in [0, 0.05) is 18.8 Å². The van der Waals surface area contributed by atoms with E-state index in [-0.39, 0.29) is 0 Å². The Labute approximate surface area is 81.8 Å². The van der Waals surface area contributed by atoms with Crippen LogP contribution in [0.2, 0.25) is 0 Å². The number of nitrogens with two attached hydrogens (primary N) is 1. The highest BCUT2D eigenvalue weighted by Crippen LogP contribution is 2.21. The van der Waals surface area contributed by atoms with E-state index < -0.39 is 6.10 Å². The van der Waals surface area contributed by atoms with Crippen molar-refractivity contribution in [1.29, 1.82) is 0 Å². The van der Waals surface area contributed by atoms with Gasteiger partial charge in [-0.15, -0.1) is 0 Å². The average Bonchev–Trinajstić information content (AvgIpc) is 2.47. The second-order valence-corrected chi connectivity index (χ2v) is 4.27. The van der Waals surface area contributed by atoms with Crippen molar-refractivity contribution >= 4 is 16.5 Å². The van der Waals surface area contributed by atoms with Gasteiger partial charge in [-0.2, -0.15) is 0 Å². The van der Waals surface area contributed by atoms with Gasteiger partial charge in [0.25, 0.3) is 0 Å². The Morgan fingerprint density at radius 2 is 2.38 bits per heavy atom. The van der Waals surface area contributed by atoms with Gasteiger partial charge in [0.15, 0.2) is 5.13 Å². The summed E-state index contributed by atoms with van der Waals surface area (Å²) in [6.45, 7) is 4.61. The van der Waals surface area contributed by atoms with Crippen molar-refractivity contribution in [3.63, 3.8) is 0 Å². The number of anilines is 1. The van der Waals surface area contributed by atoms with Crippen LogP contribution in [0.1, 0.15) is 24.8 Å². The zero-order valence-corrected chi connectivity index (χ0v) is 8.64. The minimum absolute atomic E-state index is 0.375. The first-order valence-corrected chi connectivity index (χ1v) is 5.04. The van der Waals surface area contributed by atoms with Gasteiger partial charge in [-0.1, -0.05) is 25.2 Å². The van der Waals surface area contributed by atoms with Gasteiger partial charge in [-0.25, -0.2) is 4.98 Å². The number of thiazole rings is 1. The topological polar surface area (TPSA) is 71.2 Å². The summed E-state index contributed by atoms with van der Waals surface area (Å²) in [7, 11) is 0.